The van der Waals surface area contributed by atoms with Crippen LogP contribution in [0, 0.1) is 29.6 Å². The van der Waals surface area contributed by atoms with Gasteiger partial charge < -0.3 is 43.0 Å². The summed E-state index contributed by atoms with van der Waals surface area (Å²) in [6.45, 7) is 13.9. The first kappa shape index (κ1) is 51.7. The molecule has 5 aliphatic rings. The molecule has 0 spiro atoms. The van der Waals surface area contributed by atoms with E-state index in [1.54, 1.807) is 34.3 Å². The van der Waals surface area contributed by atoms with Crippen LogP contribution in [0.2, 0.25) is 0 Å². The number of ketones is 2. The number of allylic oxidation sites excluding steroid dienone is 4. The Labute approximate surface area is 403 Å². The maximum absolute atomic E-state index is 14.6. The van der Waals surface area contributed by atoms with E-state index in [1.165, 1.54) is 23.3 Å². The van der Waals surface area contributed by atoms with Crippen molar-refractivity contribution in [3.05, 3.63) is 66.4 Å². The minimum Gasteiger partial charge on any atom is -0.488 e. The number of cyclic esters (lactones) is 1. The molecule has 1 N–H and O–H groups in total. The number of rotatable bonds is 10. The maximum Gasteiger partial charge on any atom is 0.329 e. The molecule has 1 amide bonds. The first-order valence-corrected chi connectivity index (χ1v) is 25.4. The van der Waals surface area contributed by atoms with Crippen molar-refractivity contribution in [2.24, 2.45) is 29.6 Å². The Morgan fingerprint density at radius 3 is 2.34 bits per heavy atom. The molecule has 7 rings (SSSR count). The molecule has 2 saturated carbocycles. The van der Waals surface area contributed by atoms with Crippen LogP contribution in [0.3, 0.4) is 0 Å². The van der Waals surface area contributed by atoms with Crippen LogP contribution in [0.4, 0.5) is 0 Å². The molecule has 2 aromatic rings. The molecule has 13 unspecified atom stereocenters. The van der Waals surface area contributed by atoms with E-state index in [9.17, 15) is 24.3 Å². The van der Waals surface area contributed by atoms with Crippen LogP contribution < -0.4 is 4.74 Å². The fourth-order valence-corrected chi connectivity index (χ4v) is 11.6. The van der Waals surface area contributed by atoms with Crippen LogP contribution in [0.5, 0.6) is 5.75 Å². The second-order valence-corrected chi connectivity index (χ2v) is 20.9. The van der Waals surface area contributed by atoms with Gasteiger partial charge in [0.25, 0.3) is 11.7 Å². The third kappa shape index (κ3) is 11.7. The highest BCUT2D eigenvalue weighted by Gasteiger charge is 2.56. The fraction of sp³-hybridized carbons (Fsp3) is 0.673. The Morgan fingerprint density at radius 1 is 0.897 bits per heavy atom. The number of carbonyl (C=O) groups is 4. The highest BCUT2D eigenvalue weighted by atomic mass is 16.7. The van der Waals surface area contributed by atoms with Crippen molar-refractivity contribution in [1.82, 2.24) is 9.47 Å². The monoisotopic (exact) mass is 943 g/mol. The topological polar surface area (TPSA) is 152 Å². The number of methoxy groups -OCH3 is 3. The first-order chi connectivity index (χ1) is 32.6. The van der Waals surface area contributed by atoms with Crippen LogP contribution in [0.15, 0.2) is 66.4 Å². The van der Waals surface area contributed by atoms with Gasteiger partial charge >= 0.3 is 5.97 Å². The average Bonchev–Trinajstić information content (AvgIpc) is 4.09. The molecule has 13 atom stereocenters. The van der Waals surface area contributed by atoms with Gasteiger partial charge in [0.1, 0.15) is 35.9 Å². The number of carbonyl (C=O) groups excluding carboxylic acids is 4. The summed E-state index contributed by atoms with van der Waals surface area (Å²) in [6.07, 6.45) is 14.0. The van der Waals surface area contributed by atoms with Gasteiger partial charge in [0.15, 0.2) is 0 Å². The van der Waals surface area contributed by atoms with E-state index in [2.05, 4.69) is 54.6 Å². The Morgan fingerprint density at radius 2 is 1.63 bits per heavy atom. The lowest BCUT2D eigenvalue weighted by molar-refractivity contribution is -0.302. The minimum atomic E-state index is -2.48. The van der Waals surface area contributed by atoms with Crippen molar-refractivity contribution in [2.75, 3.05) is 27.9 Å². The first-order valence-electron chi connectivity index (χ1n) is 25.4. The van der Waals surface area contributed by atoms with Gasteiger partial charge in [0.2, 0.25) is 5.79 Å². The number of hydrogen-bond acceptors (Lipinski definition) is 11. The maximum atomic E-state index is 14.6. The number of benzene rings is 1. The number of piperidine rings is 1. The summed E-state index contributed by atoms with van der Waals surface area (Å²) < 4.78 is 39.7. The molecule has 4 heterocycles. The Bertz CT molecular complexity index is 2180. The van der Waals surface area contributed by atoms with E-state index in [0.29, 0.717) is 57.4 Å². The average molecular weight is 943 g/mol. The van der Waals surface area contributed by atoms with Crippen LogP contribution in [-0.4, -0.2) is 114 Å². The molecule has 4 fully saturated rings. The van der Waals surface area contributed by atoms with Crippen LogP contribution >= 0.6 is 0 Å². The van der Waals surface area contributed by atoms with Gasteiger partial charge in [-0.05, 0) is 145 Å². The number of amides is 1. The molecule has 1 aromatic carbocycles. The smallest absolute Gasteiger partial charge is 0.329 e. The van der Waals surface area contributed by atoms with Crippen LogP contribution in [-0.2, 0) is 42.9 Å². The van der Waals surface area contributed by atoms with E-state index in [1.807, 2.05) is 26.8 Å². The van der Waals surface area contributed by atoms with Gasteiger partial charge in [-0.2, -0.15) is 0 Å². The number of fused-ring (bicyclic) bond motifs is 4. The molecule has 68 heavy (non-hydrogen) atoms. The molecular formula is C55H78N2O11. The zero-order valence-corrected chi connectivity index (χ0v) is 41.9. The summed E-state index contributed by atoms with van der Waals surface area (Å²) in [5, 5.41) is 13.3. The Hall–Kier alpha value is -4.14. The van der Waals surface area contributed by atoms with E-state index in [-0.39, 0.29) is 61.0 Å². The molecule has 3 aliphatic heterocycles. The third-order valence-electron chi connectivity index (χ3n) is 15.6. The molecular weight excluding hydrogens is 865 g/mol. The second-order valence-electron chi connectivity index (χ2n) is 20.9. The summed E-state index contributed by atoms with van der Waals surface area (Å²) in [6, 6.07) is 8.01. The standard InChI is InChI=1S/C55H78N2O11/c1-10-13-40-27-33(2)26-34(3)28-48(64-8)51-49(65-9)30-37(6)55(62,68-51)52(59)53(60)57-24-12-11-14-44(57)54(61)67-50(35(4)15-21-45(40)58)36(5)29-38-16-22-46(47(31-38)63-7)66-42-19-20-43-39(32-42)23-25-56(43)41-17-18-41/h10,19-20,23,25,27,29,32,34-35,37-38,40-41,44,46-51,62H,1,11-18,21-22,24,26,28,30-31H2,2-9H3. The van der Waals surface area contributed by atoms with Crippen molar-refractivity contribution >= 4 is 34.3 Å². The third-order valence-corrected chi connectivity index (χ3v) is 15.6. The fourth-order valence-electron chi connectivity index (χ4n) is 11.6. The molecule has 0 radical (unpaired) electrons. The molecule has 13 nitrogen and oxygen atoms in total. The summed E-state index contributed by atoms with van der Waals surface area (Å²) in [5.74, 6) is -5.57. The van der Waals surface area contributed by atoms with Crippen molar-refractivity contribution in [3.63, 3.8) is 0 Å². The van der Waals surface area contributed by atoms with Gasteiger partial charge in [-0.15, -0.1) is 6.58 Å². The lowest BCUT2D eigenvalue weighted by atomic mass is 9.82. The molecule has 13 heteroatoms. The molecule has 2 bridgehead atoms. The van der Waals surface area contributed by atoms with Gasteiger partial charge in [-0.3, -0.25) is 14.4 Å². The summed E-state index contributed by atoms with van der Waals surface area (Å²) in [4.78, 5) is 58.7. The SMILES string of the molecule is C=CCC1C=C(C)CC(C)CC(OC)C2OC(O)(C(=O)C(=O)N3CCCCC3C(=O)OC(C(C)=CC3CCC(Oc4ccc5c(ccn5C5CC5)c4)C(OC)C3)C(C)CCC1=O)C(C)CC2OC. The molecule has 2 saturated heterocycles. The summed E-state index contributed by atoms with van der Waals surface area (Å²) in [5.41, 5.74) is 3.12. The number of esters is 1. The quantitative estimate of drug-likeness (QED) is 0.138. The van der Waals surface area contributed by atoms with Crippen molar-refractivity contribution < 1.29 is 52.7 Å². The minimum absolute atomic E-state index is 0.0607. The Balaban J connectivity index is 1.15. The number of Topliss-reactive ketones (excluding diaryl/α,β-unsaturated/α-hetero) is 2. The predicted octanol–water partition coefficient (Wildman–Crippen LogP) is 9.04. The number of aromatic nitrogens is 1. The van der Waals surface area contributed by atoms with E-state index >= 15 is 0 Å². The predicted molar refractivity (Wildman–Crippen MR) is 260 cm³/mol. The highest BCUT2D eigenvalue weighted by molar-refractivity contribution is 6.39. The molecule has 374 valence electrons. The number of nitrogens with zero attached hydrogens (tertiary/aromatic N) is 2. The zero-order valence-electron chi connectivity index (χ0n) is 41.9. The van der Waals surface area contributed by atoms with Crippen molar-refractivity contribution in [3.8, 4) is 5.75 Å². The van der Waals surface area contributed by atoms with E-state index in [0.717, 1.165) is 35.1 Å². The second kappa shape index (κ2) is 22.7. The van der Waals surface area contributed by atoms with Crippen LogP contribution in [0.1, 0.15) is 131 Å². The summed E-state index contributed by atoms with van der Waals surface area (Å²) in [7, 11) is 4.83. The zero-order chi connectivity index (χ0) is 48.9. The van der Waals surface area contributed by atoms with E-state index < -0.39 is 59.8 Å². The van der Waals surface area contributed by atoms with Gasteiger partial charge in [-0.1, -0.05) is 44.6 Å². The summed E-state index contributed by atoms with van der Waals surface area (Å²) >= 11 is 0. The Kier molecular flexibility index (Phi) is 17.3. The van der Waals surface area contributed by atoms with Gasteiger partial charge in [0.05, 0.1) is 18.3 Å². The van der Waals surface area contributed by atoms with E-state index in [4.69, 9.17) is 28.4 Å². The van der Waals surface area contributed by atoms with Gasteiger partial charge in [0, 0.05) is 69.3 Å². The normalized spacial score (nSPS) is 35.5. The highest BCUT2D eigenvalue weighted by Crippen LogP contribution is 2.41. The number of aliphatic hydroxyl groups is 1. The lowest BCUT2D eigenvalue weighted by Crippen LogP contribution is -2.64. The molecule has 1 aromatic heterocycles. The van der Waals surface area contributed by atoms with Crippen molar-refractivity contribution in [2.45, 2.75) is 179 Å². The largest absolute Gasteiger partial charge is 0.488 e. The lowest BCUT2D eigenvalue weighted by Gasteiger charge is -2.47. The number of ether oxygens (including phenoxy) is 6. The number of hydrogen-bond donors (Lipinski definition) is 1. The van der Waals surface area contributed by atoms with Gasteiger partial charge in [-0.25, -0.2) is 4.79 Å². The van der Waals surface area contributed by atoms with Crippen molar-refractivity contribution in [1.29, 1.82) is 0 Å². The molecule has 2 aliphatic carbocycles. The van der Waals surface area contributed by atoms with Crippen LogP contribution in [0.25, 0.3) is 10.9 Å².